The Kier molecular flexibility index (Phi) is 6.57. The summed E-state index contributed by atoms with van der Waals surface area (Å²) < 4.78 is 11.6. The summed E-state index contributed by atoms with van der Waals surface area (Å²) >= 11 is 3.45. The van der Waals surface area contributed by atoms with Crippen molar-refractivity contribution in [3.05, 3.63) is 58.1 Å². The largest absolute Gasteiger partial charge is 0.454 e. The standard InChI is InChI=1S/C21H23BrN2O4/c1-14(21(26)23-2)24(12-16-4-3-5-17(22)10-16)20(25)9-7-15-6-8-18-19(11-15)28-13-27-18/h3-6,8,10-11,14H,7,9,12-13H2,1-2H3,(H,23,26)/t14-/m0/s1. The summed E-state index contributed by atoms with van der Waals surface area (Å²) in [6.45, 7) is 2.34. The maximum Gasteiger partial charge on any atom is 0.242 e. The van der Waals surface area contributed by atoms with Crippen molar-refractivity contribution in [1.82, 2.24) is 10.2 Å². The van der Waals surface area contributed by atoms with Crippen LogP contribution in [0.3, 0.4) is 0 Å². The minimum Gasteiger partial charge on any atom is -0.454 e. The zero-order valence-corrected chi connectivity index (χ0v) is 17.5. The van der Waals surface area contributed by atoms with E-state index >= 15 is 0 Å². The summed E-state index contributed by atoms with van der Waals surface area (Å²) in [5, 5.41) is 2.63. The fourth-order valence-electron chi connectivity index (χ4n) is 3.11. The van der Waals surface area contributed by atoms with Crippen LogP contribution in [0.25, 0.3) is 0 Å². The van der Waals surface area contributed by atoms with E-state index in [9.17, 15) is 9.59 Å². The summed E-state index contributed by atoms with van der Waals surface area (Å²) in [4.78, 5) is 26.8. The minimum atomic E-state index is -0.562. The number of carbonyl (C=O) groups is 2. The molecule has 148 valence electrons. The monoisotopic (exact) mass is 446 g/mol. The highest BCUT2D eigenvalue weighted by Crippen LogP contribution is 2.32. The Hall–Kier alpha value is -2.54. The molecule has 1 heterocycles. The fourth-order valence-corrected chi connectivity index (χ4v) is 3.56. The van der Waals surface area contributed by atoms with E-state index in [4.69, 9.17) is 9.47 Å². The van der Waals surface area contributed by atoms with Gasteiger partial charge >= 0.3 is 0 Å². The number of carbonyl (C=O) groups excluding carboxylic acids is 2. The number of rotatable bonds is 7. The summed E-state index contributed by atoms with van der Waals surface area (Å²) in [6, 6.07) is 12.9. The number of nitrogens with one attached hydrogen (secondary N) is 1. The van der Waals surface area contributed by atoms with Gasteiger partial charge in [-0.25, -0.2) is 0 Å². The molecule has 7 heteroatoms. The highest BCUT2D eigenvalue weighted by atomic mass is 79.9. The molecule has 0 saturated carbocycles. The second kappa shape index (κ2) is 9.10. The molecule has 0 unspecified atom stereocenters. The number of fused-ring (bicyclic) bond motifs is 1. The maximum absolute atomic E-state index is 13.0. The van der Waals surface area contributed by atoms with Gasteiger partial charge in [0.25, 0.3) is 0 Å². The van der Waals surface area contributed by atoms with Crippen LogP contribution in [0, 0.1) is 0 Å². The van der Waals surface area contributed by atoms with Crippen LogP contribution in [0.1, 0.15) is 24.5 Å². The van der Waals surface area contributed by atoms with Gasteiger partial charge in [-0.05, 0) is 48.7 Å². The zero-order chi connectivity index (χ0) is 20.1. The van der Waals surface area contributed by atoms with Crippen LogP contribution in [0.4, 0.5) is 0 Å². The predicted octanol–water partition coefficient (Wildman–Crippen LogP) is 3.27. The number of nitrogens with zero attached hydrogens (tertiary/aromatic N) is 1. The lowest BCUT2D eigenvalue weighted by Gasteiger charge is -2.28. The number of benzene rings is 2. The first-order valence-corrected chi connectivity index (χ1v) is 9.91. The fraction of sp³-hybridized carbons (Fsp3) is 0.333. The van der Waals surface area contributed by atoms with E-state index in [2.05, 4.69) is 21.2 Å². The molecular weight excluding hydrogens is 424 g/mol. The number of hydrogen-bond donors (Lipinski definition) is 1. The SMILES string of the molecule is CNC(=O)[C@H](C)N(Cc1cccc(Br)c1)C(=O)CCc1ccc2c(c1)OCO2. The molecule has 3 rings (SSSR count). The van der Waals surface area contributed by atoms with Gasteiger partial charge in [0.05, 0.1) is 0 Å². The Bertz CT molecular complexity index is 871. The first-order chi connectivity index (χ1) is 13.5. The average Bonchev–Trinajstić information content (AvgIpc) is 3.17. The Labute approximate surface area is 172 Å². The van der Waals surface area contributed by atoms with E-state index < -0.39 is 6.04 Å². The van der Waals surface area contributed by atoms with Gasteiger partial charge in [0, 0.05) is 24.5 Å². The molecule has 1 atom stereocenters. The van der Waals surface area contributed by atoms with Gasteiger partial charge in [0.1, 0.15) is 6.04 Å². The third-order valence-corrected chi connectivity index (χ3v) is 5.21. The molecule has 2 aromatic carbocycles. The van der Waals surface area contributed by atoms with Gasteiger partial charge in [0.15, 0.2) is 11.5 Å². The molecule has 0 radical (unpaired) electrons. The molecule has 2 aromatic rings. The molecule has 0 aliphatic carbocycles. The van der Waals surface area contributed by atoms with Gasteiger partial charge < -0.3 is 19.7 Å². The van der Waals surface area contributed by atoms with E-state index in [0.29, 0.717) is 25.1 Å². The Morgan fingerprint density at radius 3 is 2.68 bits per heavy atom. The van der Waals surface area contributed by atoms with Crippen molar-refractivity contribution in [2.24, 2.45) is 0 Å². The van der Waals surface area contributed by atoms with E-state index in [-0.39, 0.29) is 18.6 Å². The summed E-state index contributed by atoms with van der Waals surface area (Å²) in [6.07, 6.45) is 0.861. The van der Waals surface area contributed by atoms with Gasteiger partial charge in [0.2, 0.25) is 18.6 Å². The first kappa shape index (κ1) is 20.2. The van der Waals surface area contributed by atoms with E-state index in [1.807, 2.05) is 42.5 Å². The molecule has 0 fully saturated rings. The zero-order valence-electron chi connectivity index (χ0n) is 15.9. The number of ether oxygens (including phenoxy) is 2. The van der Waals surface area contributed by atoms with Crippen LogP contribution in [-0.4, -0.2) is 36.6 Å². The smallest absolute Gasteiger partial charge is 0.242 e. The second-order valence-electron chi connectivity index (χ2n) is 6.63. The van der Waals surface area contributed by atoms with Crippen LogP contribution in [0.5, 0.6) is 11.5 Å². The maximum atomic E-state index is 13.0. The van der Waals surface area contributed by atoms with Crippen LogP contribution in [-0.2, 0) is 22.6 Å². The van der Waals surface area contributed by atoms with Crippen LogP contribution < -0.4 is 14.8 Å². The first-order valence-electron chi connectivity index (χ1n) is 9.12. The van der Waals surface area contributed by atoms with Gasteiger partial charge in [-0.15, -0.1) is 0 Å². The summed E-state index contributed by atoms with van der Waals surface area (Å²) in [5.41, 5.74) is 1.95. The number of aryl methyl sites for hydroxylation is 1. The Balaban J connectivity index is 1.71. The predicted molar refractivity (Wildman–Crippen MR) is 109 cm³/mol. The van der Waals surface area contributed by atoms with Crippen LogP contribution in [0.15, 0.2) is 46.9 Å². The molecule has 0 bridgehead atoms. The molecule has 28 heavy (non-hydrogen) atoms. The molecule has 0 aromatic heterocycles. The number of hydrogen-bond acceptors (Lipinski definition) is 4. The lowest BCUT2D eigenvalue weighted by atomic mass is 10.1. The van der Waals surface area contributed by atoms with Crippen molar-refractivity contribution in [3.8, 4) is 11.5 Å². The highest BCUT2D eigenvalue weighted by molar-refractivity contribution is 9.10. The van der Waals surface area contributed by atoms with Crippen molar-refractivity contribution in [2.75, 3.05) is 13.8 Å². The van der Waals surface area contributed by atoms with Crippen LogP contribution >= 0.6 is 15.9 Å². The molecule has 6 nitrogen and oxygen atoms in total. The van der Waals surface area contributed by atoms with Crippen molar-refractivity contribution in [1.29, 1.82) is 0 Å². The van der Waals surface area contributed by atoms with Crippen LogP contribution in [0.2, 0.25) is 0 Å². The molecular formula is C21H23BrN2O4. The quantitative estimate of drug-likeness (QED) is 0.708. The second-order valence-corrected chi connectivity index (χ2v) is 7.55. The minimum absolute atomic E-state index is 0.0752. The topological polar surface area (TPSA) is 67.9 Å². The van der Waals surface area contributed by atoms with Gasteiger partial charge in [-0.3, -0.25) is 9.59 Å². The molecule has 0 saturated heterocycles. The number of amides is 2. The molecule has 1 aliphatic rings. The molecule has 1 aliphatic heterocycles. The molecule has 0 spiro atoms. The van der Waals surface area contributed by atoms with Crippen molar-refractivity contribution in [3.63, 3.8) is 0 Å². The summed E-state index contributed by atoms with van der Waals surface area (Å²) in [7, 11) is 1.58. The lowest BCUT2D eigenvalue weighted by Crippen LogP contribution is -2.46. The number of likely N-dealkylation sites (N-methyl/N-ethyl adjacent to an activating group) is 1. The van der Waals surface area contributed by atoms with Crippen molar-refractivity contribution in [2.45, 2.75) is 32.4 Å². The van der Waals surface area contributed by atoms with Gasteiger partial charge in [-0.2, -0.15) is 0 Å². The average molecular weight is 447 g/mol. The highest BCUT2D eigenvalue weighted by Gasteiger charge is 2.25. The summed E-state index contributed by atoms with van der Waals surface area (Å²) in [5.74, 6) is 1.16. The van der Waals surface area contributed by atoms with E-state index in [1.54, 1.807) is 18.9 Å². The van der Waals surface area contributed by atoms with E-state index in [0.717, 1.165) is 21.3 Å². The van der Waals surface area contributed by atoms with Crippen molar-refractivity contribution < 1.29 is 19.1 Å². The Morgan fingerprint density at radius 2 is 1.93 bits per heavy atom. The third kappa shape index (κ3) is 4.84. The Morgan fingerprint density at radius 1 is 1.14 bits per heavy atom. The third-order valence-electron chi connectivity index (χ3n) is 4.72. The number of halogens is 1. The van der Waals surface area contributed by atoms with Gasteiger partial charge in [-0.1, -0.05) is 34.1 Å². The van der Waals surface area contributed by atoms with Crippen molar-refractivity contribution >= 4 is 27.7 Å². The molecule has 2 amide bonds. The molecule has 1 N–H and O–H groups in total. The lowest BCUT2D eigenvalue weighted by molar-refractivity contribution is -0.140. The van der Waals surface area contributed by atoms with E-state index in [1.165, 1.54) is 0 Å². The normalized spacial score (nSPS) is 13.1.